The van der Waals surface area contributed by atoms with Gasteiger partial charge in [0.05, 0.1) is 0 Å². The second-order valence-electron chi connectivity index (χ2n) is 4.74. The van der Waals surface area contributed by atoms with E-state index < -0.39 is 82.8 Å². The Bertz CT molecular complexity index is 753. The van der Waals surface area contributed by atoms with Gasteiger partial charge in [0.15, 0.2) is 0 Å². The summed E-state index contributed by atoms with van der Waals surface area (Å²) in [6.07, 6.45) is -21.6. The first kappa shape index (κ1) is 21.4. The van der Waals surface area contributed by atoms with Crippen LogP contribution in [-0.4, -0.2) is 33.4 Å². The standard InChI is InChI=1S/C10H2F12GeN4/c11-7(12,13)3-1-5(9(17,18)19)26(24-3)23-27-6(10(20,21)22)2-4(25-27)8(14,15)16/h1-2H. The van der Waals surface area contributed by atoms with Crippen LogP contribution in [0.4, 0.5) is 52.7 Å². The van der Waals surface area contributed by atoms with Gasteiger partial charge >= 0.3 is 146 Å². The van der Waals surface area contributed by atoms with Crippen molar-refractivity contribution in [3.8, 4) is 0 Å². The van der Waals surface area contributed by atoms with Gasteiger partial charge in [-0.1, -0.05) is 0 Å². The van der Waals surface area contributed by atoms with E-state index in [2.05, 4.69) is 10.2 Å². The Hall–Kier alpha value is -1.88. The first-order valence-corrected chi connectivity index (χ1v) is 8.04. The summed E-state index contributed by atoms with van der Waals surface area (Å²) >= 11 is -3.20. The Morgan fingerprint density at radius 2 is 0.852 bits per heavy atom. The van der Waals surface area contributed by atoms with Gasteiger partial charge in [-0.3, -0.25) is 0 Å². The summed E-state index contributed by atoms with van der Waals surface area (Å²) < 4.78 is 152. The summed E-state index contributed by atoms with van der Waals surface area (Å²) in [6, 6.07) is -0.907. The van der Waals surface area contributed by atoms with Gasteiger partial charge in [-0.25, -0.2) is 0 Å². The van der Waals surface area contributed by atoms with E-state index in [1.807, 2.05) is 0 Å². The number of rotatable bonds is 2. The molecule has 0 fully saturated rings. The van der Waals surface area contributed by atoms with Crippen LogP contribution in [0.15, 0.2) is 12.1 Å². The Labute approximate surface area is 146 Å². The maximum atomic E-state index is 12.8. The summed E-state index contributed by atoms with van der Waals surface area (Å²) in [6.45, 7) is 0. The van der Waals surface area contributed by atoms with E-state index in [0.717, 1.165) is 0 Å². The second-order valence-corrected chi connectivity index (χ2v) is 6.94. The molecule has 150 valence electrons. The molecule has 0 aliphatic carbocycles. The van der Waals surface area contributed by atoms with E-state index in [1.165, 1.54) is 0 Å². The Morgan fingerprint density at radius 3 is 1.07 bits per heavy atom. The monoisotopic (exact) mass is 480 g/mol. The molecule has 0 bridgehead atoms. The molecule has 0 atom stereocenters. The van der Waals surface area contributed by atoms with Crippen LogP contribution in [0, 0.1) is 0 Å². The molecule has 0 aliphatic heterocycles. The summed E-state index contributed by atoms with van der Waals surface area (Å²) in [4.78, 5) is 0. The fraction of sp³-hybridized carbons (Fsp3) is 0.400. The molecular weight excluding hydrogens is 477 g/mol. The van der Waals surface area contributed by atoms with Crippen molar-refractivity contribution in [3.63, 3.8) is 0 Å². The molecule has 2 aromatic rings. The van der Waals surface area contributed by atoms with Gasteiger partial charge in [0.25, 0.3) is 0 Å². The summed E-state index contributed by atoms with van der Waals surface area (Å²) in [5, 5.41) is 5.11. The molecule has 0 amide bonds. The van der Waals surface area contributed by atoms with Gasteiger partial charge in [0.2, 0.25) is 0 Å². The Balaban J connectivity index is 2.60. The quantitative estimate of drug-likeness (QED) is 0.482. The van der Waals surface area contributed by atoms with Crippen molar-refractivity contribution in [1.29, 1.82) is 0 Å². The molecule has 0 aliphatic rings. The van der Waals surface area contributed by atoms with Gasteiger partial charge in [0, 0.05) is 0 Å². The van der Waals surface area contributed by atoms with Crippen molar-refractivity contribution >= 4 is 15.9 Å². The second kappa shape index (κ2) is 6.33. The number of hydrogen-bond acceptors (Lipinski definition) is 2. The molecule has 2 aromatic heterocycles. The van der Waals surface area contributed by atoms with Gasteiger partial charge in [-0.05, 0) is 0 Å². The van der Waals surface area contributed by atoms with Crippen LogP contribution in [0.1, 0.15) is 22.8 Å². The minimum absolute atomic E-state index is 0.439. The van der Waals surface area contributed by atoms with E-state index in [9.17, 15) is 52.7 Å². The number of nitrogens with zero attached hydrogens (tertiary/aromatic N) is 4. The number of halogens is 12. The topological polar surface area (TPSA) is 35.6 Å². The van der Waals surface area contributed by atoms with E-state index in [-0.39, 0.29) is 0 Å². The summed E-state index contributed by atoms with van der Waals surface area (Å²) in [5.41, 5.74) is -8.25. The molecule has 0 aromatic carbocycles. The van der Waals surface area contributed by atoms with Gasteiger partial charge in [0.1, 0.15) is 0 Å². The molecule has 0 saturated carbocycles. The maximum absolute atomic E-state index is 12.8. The predicted octanol–water partition coefficient (Wildman–Crippen LogP) is 4.09. The normalized spacial score (nSPS) is 14.1. The van der Waals surface area contributed by atoms with E-state index >= 15 is 0 Å². The number of alkyl halides is 12. The molecule has 2 radical (unpaired) electrons. The molecule has 27 heavy (non-hydrogen) atoms. The molecule has 17 heteroatoms. The summed E-state index contributed by atoms with van der Waals surface area (Å²) in [7, 11) is 0. The Kier molecular flexibility index (Phi) is 5.03. The van der Waals surface area contributed by atoms with Gasteiger partial charge in [-0.15, -0.1) is 0 Å². The van der Waals surface area contributed by atoms with Crippen molar-refractivity contribution in [1.82, 2.24) is 17.5 Å². The van der Waals surface area contributed by atoms with E-state index in [1.54, 1.807) is 0 Å². The first-order valence-electron chi connectivity index (χ1n) is 6.16. The molecule has 0 N–H and O–H groups in total. The fourth-order valence-corrected chi connectivity index (χ4v) is 3.96. The molecular formula is C10H2F12GeN4. The average molecular weight is 479 g/mol. The predicted molar refractivity (Wildman–Crippen MR) is 61.0 cm³/mol. The average Bonchev–Trinajstić information content (AvgIpc) is 3.00. The zero-order chi connectivity index (χ0) is 21.0. The SMILES string of the molecule is FC(F)(F)c1cc(C(F)(F)F)[n]([Ge][n]2nc(C(F)(F)F)cc2C(F)(F)F)n1. The third-order valence-electron chi connectivity index (χ3n) is 2.77. The van der Waals surface area contributed by atoms with Crippen molar-refractivity contribution in [2.45, 2.75) is 24.7 Å². The number of aromatic nitrogens is 4. The number of hydrogen-bond donors (Lipinski definition) is 0. The fourth-order valence-electron chi connectivity index (χ4n) is 1.69. The first-order chi connectivity index (χ1) is 11.9. The Morgan fingerprint density at radius 1 is 0.556 bits per heavy atom. The third kappa shape index (κ3) is 4.70. The van der Waals surface area contributed by atoms with Crippen molar-refractivity contribution in [3.05, 3.63) is 34.9 Å². The zero-order valence-electron chi connectivity index (χ0n) is 12.0. The van der Waals surface area contributed by atoms with Gasteiger partial charge < -0.3 is 0 Å². The van der Waals surface area contributed by atoms with Crippen molar-refractivity contribution in [2.75, 3.05) is 0 Å². The molecule has 2 rings (SSSR count). The van der Waals surface area contributed by atoms with Crippen LogP contribution in [0.25, 0.3) is 0 Å². The molecule has 0 unspecified atom stereocenters. The molecule has 0 spiro atoms. The van der Waals surface area contributed by atoms with Crippen molar-refractivity contribution < 1.29 is 52.7 Å². The van der Waals surface area contributed by atoms with E-state index in [0.29, 0.717) is 0 Å². The van der Waals surface area contributed by atoms with Crippen LogP contribution >= 0.6 is 0 Å². The van der Waals surface area contributed by atoms with Crippen LogP contribution in [-0.2, 0) is 24.7 Å². The van der Waals surface area contributed by atoms with Crippen LogP contribution in [0.2, 0.25) is 0 Å². The summed E-state index contributed by atoms with van der Waals surface area (Å²) in [5.74, 6) is 0. The van der Waals surface area contributed by atoms with Crippen molar-refractivity contribution in [2.24, 2.45) is 0 Å². The zero-order valence-corrected chi connectivity index (χ0v) is 14.1. The van der Waals surface area contributed by atoms with Crippen LogP contribution in [0.3, 0.4) is 0 Å². The molecule has 2 heterocycles. The van der Waals surface area contributed by atoms with E-state index in [4.69, 9.17) is 0 Å². The third-order valence-corrected chi connectivity index (χ3v) is 5.00. The van der Waals surface area contributed by atoms with Crippen LogP contribution < -0.4 is 0 Å². The van der Waals surface area contributed by atoms with Gasteiger partial charge in [-0.2, -0.15) is 0 Å². The molecule has 4 nitrogen and oxygen atoms in total. The minimum atomic E-state index is -5.45. The molecule has 0 saturated heterocycles. The van der Waals surface area contributed by atoms with Crippen LogP contribution in [0.5, 0.6) is 0 Å².